The zero-order valence-electron chi connectivity index (χ0n) is 12.3. The number of hydrogen-bond donors (Lipinski definition) is 2. The van der Waals surface area contributed by atoms with E-state index in [1.54, 1.807) is 4.90 Å². The molecular weight excluding hydrogens is 282 g/mol. The lowest BCUT2D eigenvalue weighted by Crippen LogP contribution is -2.40. The Hall–Kier alpha value is -2.08. The van der Waals surface area contributed by atoms with Crippen molar-refractivity contribution in [3.8, 4) is 0 Å². The summed E-state index contributed by atoms with van der Waals surface area (Å²) >= 11 is 0. The van der Waals surface area contributed by atoms with Gasteiger partial charge in [0.15, 0.2) is 11.5 Å². The van der Waals surface area contributed by atoms with Crippen molar-refractivity contribution in [1.29, 1.82) is 0 Å². The van der Waals surface area contributed by atoms with Crippen LogP contribution in [0.1, 0.15) is 37.5 Å². The molecule has 1 aliphatic carbocycles. The van der Waals surface area contributed by atoms with Gasteiger partial charge in [0.2, 0.25) is 0 Å². The zero-order valence-corrected chi connectivity index (χ0v) is 12.3. The molecule has 1 atom stereocenters. The smallest absolute Gasteiger partial charge is 0.322 e. The second-order valence-corrected chi connectivity index (χ2v) is 6.11. The Morgan fingerprint density at radius 1 is 1.41 bits per heavy atom. The summed E-state index contributed by atoms with van der Waals surface area (Å²) < 4.78 is 5.77. The van der Waals surface area contributed by atoms with Gasteiger partial charge in [0.25, 0.3) is 0 Å². The highest BCUT2D eigenvalue weighted by atomic mass is 16.3. The van der Waals surface area contributed by atoms with Gasteiger partial charge < -0.3 is 19.7 Å². The first-order valence-electron chi connectivity index (χ1n) is 7.83. The average molecular weight is 301 g/mol. The summed E-state index contributed by atoms with van der Waals surface area (Å²) in [5.74, 6) is 1.28. The van der Waals surface area contributed by atoms with Crippen molar-refractivity contribution in [2.45, 2.75) is 37.6 Å². The second kappa shape index (κ2) is 5.28. The van der Waals surface area contributed by atoms with Gasteiger partial charge in [-0.2, -0.15) is 0 Å². The number of carbonyl (C=O) groups is 1. The molecule has 1 aromatic carbocycles. The van der Waals surface area contributed by atoms with Gasteiger partial charge >= 0.3 is 6.03 Å². The van der Waals surface area contributed by atoms with Crippen molar-refractivity contribution in [2.75, 3.05) is 18.5 Å². The van der Waals surface area contributed by atoms with Gasteiger partial charge in [0.05, 0.1) is 12.6 Å². The van der Waals surface area contributed by atoms with Crippen LogP contribution < -0.4 is 5.32 Å². The summed E-state index contributed by atoms with van der Waals surface area (Å²) in [6, 6.07) is 5.28. The molecule has 6 nitrogen and oxygen atoms in total. The number of oxazole rings is 1. The van der Waals surface area contributed by atoms with E-state index in [9.17, 15) is 9.90 Å². The average Bonchev–Trinajstić information content (AvgIpc) is 3.11. The van der Waals surface area contributed by atoms with Gasteiger partial charge in [-0.1, -0.05) is 0 Å². The van der Waals surface area contributed by atoms with Crippen LogP contribution in [0, 0.1) is 0 Å². The number of carbonyl (C=O) groups excluding carboxylic acids is 1. The maximum Gasteiger partial charge on any atom is 0.322 e. The van der Waals surface area contributed by atoms with Crippen LogP contribution in [0.25, 0.3) is 11.1 Å². The minimum Gasteiger partial charge on any atom is -0.440 e. The summed E-state index contributed by atoms with van der Waals surface area (Å²) in [5, 5.41) is 12.2. The van der Waals surface area contributed by atoms with Gasteiger partial charge in [-0.25, -0.2) is 9.78 Å². The lowest BCUT2D eigenvalue weighted by atomic mass is 10.2. The number of rotatable bonds is 3. The van der Waals surface area contributed by atoms with Crippen molar-refractivity contribution in [2.24, 2.45) is 0 Å². The SMILES string of the molecule is O=C(Nc1ccc2nc(C3CC3)oc2c1)N1CCC[C@H]1CO. The fourth-order valence-corrected chi connectivity index (χ4v) is 3.01. The molecule has 1 aliphatic heterocycles. The van der Waals surface area contributed by atoms with Crippen molar-refractivity contribution in [3.05, 3.63) is 24.1 Å². The number of likely N-dealkylation sites (tertiary alicyclic amines) is 1. The van der Waals surface area contributed by atoms with E-state index in [0.717, 1.165) is 37.1 Å². The quantitative estimate of drug-likeness (QED) is 0.913. The molecule has 1 saturated carbocycles. The number of hydrogen-bond acceptors (Lipinski definition) is 4. The number of amides is 2. The van der Waals surface area contributed by atoms with Crippen LogP contribution in [0.15, 0.2) is 22.6 Å². The number of urea groups is 1. The van der Waals surface area contributed by atoms with E-state index in [-0.39, 0.29) is 18.7 Å². The van der Waals surface area contributed by atoms with E-state index in [2.05, 4.69) is 10.3 Å². The molecule has 2 aromatic rings. The molecule has 2 N–H and O–H groups in total. The number of fused-ring (bicyclic) bond motifs is 1. The van der Waals surface area contributed by atoms with Gasteiger partial charge in [0, 0.05) is 24.2 Å². The number of anilines is 1. The second-order valence-electron chi connectivity index (χ2n) is 6.11. The van der Waals surface area contributed by atoms with Crippen molar-refractivity contribution in [1.82, 2.24) is 9.88 Å². The van der Waals surface area contributed by atoms with E-state index in [0.29, 0.717) is 23.7 Å². The number of benzene rings is 1. The van der Waals surface area contributed by atoms with Gasteiger partial charge in [-0.3, -0.25) is 0 Å². The monoisotopic (exact) mass is 301 g/mol. The third-order valence-electron chi connectivity index (χ3n) is 4.43. The standard InChI is InChI=1S/C16H19N3O3/c20-9-12-2-1-7-19(12)16(21)17-11-5-6-13-14(8-11)22-15(18-13)10-3-4-10/h5-6,8,10,12,20H,1-4,7,9H2,(H,17,21)/t12-/m0/s1. The van der Waals surface area contributed by atoms with E-state index >= 15 is 0 Å². The Kier molecular flexibility index (Phi) is 3.26. The normalized spacial score (nSPS) is 21.5. The molecule has 0 spiro atoms. The summed E-state index contributed by atoms with van der Waals surface area (Å²) in [4.78, 5) is 18.5. The number of aliphatic hydroxyl groups excluding tert-OH is 1. The number of aliphatic hydroxyl groups is 1. The molecule has 4 rings (SSSR count). The Morgan fingerprint density at radius 3 is 3.05 bits per heavy atom. The highest BCUT2D eigenvalue weighted by molar-refractivity contribution is 5.92. The molecule has 2 amide bonds. The third-order valence-corrected chi connectivity index (χ3v) is 4.43. The molecule has 0 unspecified atom stereocenters. The predicted molar refractivity (Wildman–Crippen MR) is 81.8 cm³/mol. The summed E-state index contributed by atoms with van der Waals surface area (Å²) in [6.45, 7) is 0.701. The predicted octanol–water partition coefficient (Wildman–Crippen LogP) is 2.69. The first-order chi connectivity index (χ1) is 10.7. The molecule has 116 valence electrons. The third kappa shape index (κ3) is 2.43. The molecule has 6 heteroatoms. The van der Waals surface area contributed by atoms with Gasteiger partial charge in [-0.15, -0.1) is 0 Å². The maximum absolute atomic E-state index is 12.3. The molecule has 22 heavy (non-hydrogen) atoms. The van der Waals surface area contributed by atoms with Crippen LogP contribution in [0.2, 0.25) is 0 Å². The van der Waals surface area contributed by atoms with E-state index in [4.69, 9.17) is 4.42 Å². The highest BCUT2D eigenvalue weighted by Crippen LogP contribution is 2.40. The minimum atomic E-state index is -0.169. The number of nitrogens with one attached hydrogen (secondary N) is 1. The lowest BCUT2D eigenvalue weighted by molar-refractivity contribution is 0.166. The van der Waals surface area contributed by atoms with Crippen molar-refractivity contribution < 1.29 is 14.3 Å². The van der Waals surface area contributed by atoms with Crippen LogP contribution in [0.4, 0.5) is 10.5 Å². The van der Waals surface area contributed by atoms with Gasteiger partial charge in [-0.05, 0) is 37.8 Å². The maximum atomic E-state index is 12.3. The zero-order chi connectivity index (χ0) is 15.1. The van der Waals surface area contributed by atoms with Crippen LogP contribution in [0.5, 0.6) is 0 Å². The van der Waals surface area contributed by atoms with E-state index in [1.165, 1.54) is 0 Å². The van der Waals surface area contributed by atoms with Crippen molar-refractivity contribution >= 4 is 22.8 Å². The number of aromatic nitrogens is 1. The minimum absolute atomic E-state index is 0.0132. The van der Waals surface area contributed by atoms with Crippen LogP contribution in [0.3, 0.4) is 0 Å². The fourth-order valence-electron chi connectivity index (χ4n) is 3.01. The fraction of sp³-hybridized carbons (Fsp3) is 0.500. The summed E-state index contributed by atoms with van der Waals surface area (Å²) in [5.41, 5.74) is 2.23. The Balaban J connectivity index is 1.52. The molecule has 2 fully saturated rings. The topological polar surface area (TPSA) is 78.6 Å². The molecule has 1 aromatic heterocycles. The highest BCUT2D eigenvalue weighted by Gasteiger charge is 2.29. The summed E-state index contributed by atoms with van der Waals surface area (Å²) in [6.07, 6.45) is 4.09. The molecular formula is C16H19N3O3. The Bertz CT molecular complexity index is 708. The van der Waals surface area contributed by atoms with Crippen LogP contribution >= 0.6 is 0 Å². The Morgan fingerprint density at radius 2 is 2.27 bits per heavy atom. The number of nitrogens with zero attached hydrogens (tertiary/aromatic N) is 2. The van der Waals surface area contributed by atoms with Crippen LogP contribution in [-0.4, -0.2) is 40.2 Å². The lowest BCUT2D eigenvalue weighted by Gasteiger charge is -2.23. The van der Waals surface area contributed by atoms with Crippen molar-refractivity contribution in [3.63, 3.8) is 0 Å². The molecule has 2 heterocycles. The first-order valence-corrected chi connectivity index (χ1v) is 7.83. The van der Waals surface area contributed by atoms with E-state index < -0.39 is 0 Å². The van der Waals surface area contributed by atoms with Crippen LogP contribution in [-0.2, 0) is 0 Å². The van der Waals surface area contributed by atoms with Gasteiger partial charge in [0.1, 0.15) is 5.52 Å². The molecule has 0 bridgehead atoms. The van der Waals surface area contributed by atoms with E-state index in [1.807, 2.05) is 18.2 Å². The Labute approximate surface area is 128 Å². The first kappa shape index (κ1) is 13.6. The molecule has 0 radical (unpaired) electrons. The molecule has 1 saturated heterocycles. The largest absolute Gasteiger partial charge is 0.440 e. The summed E-state index contributed by atoms with van der Waals surface area (Å²) in [7, 11) is 0. The molecule has 2 aliphatic rings.